The molecule has 0 aliphatic carbocycles. The Morgan fingerprint density at radius 3 is 1.85 bits per heavy atom. The van der Waals surface area contributed by atoms with Crippen LogP contribution in [-0.2, 0) is 30.3 Å². The number of ether oxygens (including phenoxy) is 6. The van der Waals surface area contributed by atoms with Gasteiger partial charge < -0.3 is 38.4 Å². The molecule has 3 aliphatic heterocycles. The Balaban J connectivity index is 1.16. The van der Waals surface area contributed by atoms with Crippen LogP contribution < -0.4 is 4.74 Å². The Kier molecular flexibility index (Phi) is 15.1. The highest BCUT2D eigenvalue weighted by Gasteiger charge is 2.40. The van der Waals surface area contributed by atoms with E-state index in [0.717, 1.165) is 83.4 Å². The summed E-state index contributed by atoms with van der Waals surface area (Å²) in [5.74, 6) is 0.922. The highest BCUT2D eigenvalue weighted by molar-refractivity contribution is 5.65. The van der Waals surface area contributed by atoms with Gasteiger partial charge in [0.2, 0.25) is 0 Å². The van der Waals surface area contributed by atoms with Crippen LogP contribution in [0.5, 0.6) is 5.75 Å². The highest BCUT2D eigenvalue weighted by atomic mass is 16.5. The summed E-state index contributed by atoms with van der Waals surface area (Å²) in [4.78, 5) is 18.5. The average molecular weight is 656 g/mol. The molecule has 0 spiro atoms. The number of morpholine rings is 2. The van der Waals surface area contributed by atoms with E-state index < -0.39 is 6.09 Å². The lowest BCUT2D eigenvalue weighted by atomic mass is 9.74. The molecule has 0 saturated carbocycles. The van der Waals surface area contributed by atoms with Gasteiger partial charge >= 0.3 is 6.09 Å². The topological polar surface area (TPSA) is 102 Å². The van der Waals surface area contributed by atoms with E-state index in [-0.39, 0.29) is 17.8 Å². The number of rotatable bonds is 18. The predicted molar refractivity (Wildman–Crippen MR) is 178 cm³/mol. The summed E-state index contributed by atoms with van der Waals surface area (Å²) in [6.45, 7) is 13.3. The van der Waals surface area contributed by atoms with Crippen LogP contribution in [0, 0.1) is 11.8 Å². The van der Waals surface area contributed by atoms with Crippen molar-refractivity contribution in [3.05, 3.63) is 65.7 Å². The third kappa shape index (κ3) is 12.0. The lowest BCUT2D eigenvalue weighted by molar-refractivity contribution is -0.0190. The number of carbonyl (C=O) groups is 1. The quantitative estimate of drug-likeness (QED) is 0.240. The first-order valence-electron chi connectivity index (χ1n) is 17.2. The van der Waals surface area contributed by atoms with E-state index in [1.165, 1.54) is 5.56 Å². The van der Waals surface area contributed by atoms with E-state index in [4.69, 9.17) is 28.4 Å². The molecule has 2 aromatic rings. The fourth-order valence-corrected chi connectivity index (χ4v) is 6.67. The lowest BCUT2D eigenvalue weighted by Gasteiger charge is -2.43. The number of likely N-dealkylation sites (tertiary alicyclic amines) is 1. The Hall–Kier alpha value is -2.77. The summed E-state index contributed by atoms with van der Waals surface area (Å²) in [6, 6.07) is 18.5. The zero-order chi connectivity index (χ0) is 32.5. The minimum absolute atomic E-state index is 0.00548. The fraction of sp³-hybridized carbons (Fsp3) is 0.639. The molecular weight excluding hydrogens is 602 g/mol. The van der Waals surface area contributed by atoms with Crippen molar-refractivity contribution in [1.29, 1.82) is 0 Å². The van der Waals surface area contributed by atoms with E-state index in [0.29, 0.717) is 59.3 Å². The highest BCUT2D eigenvalue weighted by Crippen LogP contribution is 2.38. The van der Waals surface area contributed by atoms with Crippen molar-refractivity contribution in [2.75, 3.05) is 118 Å². The molecule has 0 aromatic heterocycles. The third-order valence-electron chi connectivity index (χ3n) is 9.25. The monoisotopic (exact) mass is 655 g/mol. The van der Waals surface area contributed by atoms with Gasteiger partial charge in [-0.1, -0.05) is 42.5 Å². The summed E-state index contributed by atoms with van der Waals surface area (Å²) >= 11 is 0. The lowest BCUT2D eigenvalue weighted by Crippen LogP contribution is -2.50. The van der Waals surface area contributed by atoms with Crippen LogP contribution in [0.3, 0.4) is 0 Å². The van der Waals surface area contributed by atoms with E-state index in [9.17, 15) is 9.90 Å². The molecule has 11 heteroatoms. The zero-order valence-corrected chi connectivity index (χ0v) is 27.7. The number of carboxylic acid groups (broad SMARTS) is 1. The van der Waals surface area contributed by atoms with Crippen LogP contribution in [0.25, 0.3) is 0 Å². The molecule has 0 radical (unpaired) electrons. The predicted octanol–water partition coefficient (Wildman–Crippen LogP) is 3.68. The largest absolute Gasteiger partial charge is 0.494 e. The van der Waals surface area contributed by atoms with Crippen LogP contribution in [0.15, 0.2) is 54.6 Å². The van der Waals surface area contributed by atoms with E-state index in [1.54, 1.807) is 4.90 Å². The molecule has 3 atom stereocenters. The van der Waals surface area contributed by atoms with E-state index >= 15 is 0 Å². The van der Waals surface area contributed by atoms with Crippen LogP contribution >= 0.6 is 0 Å². The number of nitrogens with zero attached hydrogens (tertiary/aromatic N) is 3. The summed E-state index contributed by atoms with van der Waals surface area (Å²) in [6.07, 6.45) is -0.0905. The Morgan fingerprint density at radius 2 is 1.30 bits per heavy atom. The first-order valence-corrected chi connectivity index (χ1v) is 17.2. The van der Waals surface area contributed by atoms with Crippen LogP contribution in [-0.4, -0.2) is 144 Å². The van der Waals surface area contributed by atoms with Gasteiger partial charge in [0.25, 0.3) is 0 Å². The van der Waals surface area contributed by atoms with Crippen molar-refractivity contribution in [3.8, 4) is 5.75 Å². The van der Waals surface area contributed by atoms with E-state index in [1.807, 2.05) is 30.3 Å². The first-order chi connectivity index (χ1) is 23.2. The standard InChI is InChI=1S/C36H53N3O8/c40-36(41)39-25-32(28-45-23-15-37-11-19-42-20-12-37)35(33(26-39)29-46-24-16-38-13-21-43-22-14-38)31-7-9-34(10-8-31)47-18-4-17-44-27-30-5-2-1-3-6-30/h1-3,5-10,32-33,35H,4,11-29H2,(H,40,41)/t32-,33+,35+. The van der Waals surface area contributed by atoms with Gasteiger partial charge in [0, 0.05) is 70.6 Å². The Bertz CT molecular complexity index is 1110. The van der Waals surface area contributed by atoms with Gasteiger partial charge in [-0.2, -0.15) is 0 Å². The molecular formula is C36H53N3O8. The molecule has 2 aromatic carbocycles. The summed E-state index contributed by atoms with van der Waals surface area (Å²) in [7, 11) is 0. The molecule has 3 fully saturated rings. The second-order valence-corrected chi connectivity index (χ2v) is 12.6. The molecule has 47 heavy (non-hydrogen) atoms. The summed E-state index contributed by atoms with van der Waals surface area (Å²) in [5, 5.41) is 10.0. The van der Waals surface area contributed by atoms with E-state index in [2.05, 4.69) is 34.1 Å². The molecule has 1 N–H and O–H groups in total. The normalized spacial score (nSPS) is 22.7. The smallest absolute Gasteiger partial charge is 0.407 e. The molecule has 3 aliphatic rings. The molecule has 3 heterocycles. The van der Waals surface area contributed by atoms with Crippen LogP contribution in [0.4, 0.5) is 4.79 Å². The van der Waals surface area contributed by atoms with Crippen molar-refractivity contribution in [2.24, 2.45) is 11.8 Å². The van der Waals surface area contributed by atoms with Crippen molar-refractivity contribution in [3.63, 3.8) is 0 Å². The van der Waals surface area contributed by atoms with Gasteiger partial charge in [0.05, 0.1) is 72.7 Å². The number of hydrogen-bond donors (Lipinski definition) is 1. The number of benzene rings is 2. The molecule has 260 valence electrons. The number of hydrogen-bond acceptors (Lipinski definition) is 9. The van der Waals surface area contributed by atoms with Crippen LogP contribution in [0.2, 0.25) is 0 Å². The van der Waals surface area contributed by atoms with Gasteiger partial charge in [-0.15, -0.1) is 0 Å². The van der Waals surface area contributed by atoms with Crippen molar-refractivity contribution in [2.45, 2.75) is 18.9 Å². The fourth-order valence-electron chi connectivity index (χ4n) is 6.67. The molecule has 0 unspecified atom stereocenters. The SMILES string of the molecule is O=C(O)N1C[C@@H](COCCN2CCOCC2)[C@@H](c2ccc(OCCCOCc3ccccc3)cc2)[C@@H](COCCN2CCOCC2)C1. The molecule has 11 nitrogen and oxygen atoms in total. The van der Waals surface area contributed by atoms with Crippen molar-refractivity contribution >= 4 is 6.09 Å². The first kappa shape index (κ1) is 35.5. The zero-order valence-electron chi connectivity index (χ0n) is 27.7. The van der Waals surface area contributed by atoms with Crippen LogP contribution in [0.1, 0.15) is 23.5 Å². The Morgan fingerprint density at radius 1 is 0.723 bits per heavy atom. The molecule has 3 saturated heterocycles. The van der Waals surface area contributed by atoms with Crippen molar-refractivity contribution in [1.82, 2.24) is 14.7 Å². The minimum atomic E-state index is -0.892. The maximum absolute atomic E-state index is 12.2. The van der Waals surface area contributed by atoms with Gasteiger partial charge in [0.1, 0.15) is 5.75 Å². The number of amides is 1. The van der Waals surface area contributed by atoms with Crippen molar-refractivity contribution < 1.29 is 38.3 Å². The van der Waals surface area contributed by atoms with Gasteiger partial charge in [0.15, 0.2) is 0 Å². The summed E-state index contributed by atoms with van der Waals surface area (Å²) in [5.41, 5.74) is 2.33. The van der Waals surface area contributed by atoms with Gasteiger partial charge in [-0.05, 0) is 29.2 Å². The second kappa shape index (κ2) is 19.9. The van der Waals surface area contributed by atoms with Gasteiger partial charge in [-0.25, -0.2) is 4.79 Å². The average Bonchev–Trinajstić information content (AvgIpc) is 3.11. The maximum Gasteiger partial charge on any atom is 0.407 e. The third-order valence-corrected chi connectivity index (χ3v) is 9.25. The Labute approximate surface area is 279 Å². The molecule has 5 rings (SSSR count). The minimum Gasteiger partial charge on any atom is -0.494 e. The summed E-state index contributed by atoms with van der Waals surface area (Å²) < 4.78 is 35.3. The second-order valence-electron chi connectivity index (χ2n) is 12.6. The number of piperidine rings is 1. The molecule has 1 amide bonds. The molecule has 0 bridgehead atoms. The van der Waals surface area contributed by atoms with Gasteiger partial charge in [-0.3, -0.25) is 9.80 Å². The maximum atomic E-state index is 12.2.